The number of hydrogen-bond donors (Lipinski definition) is 1. The zero-order valence-electron chi connectivity index (χ0n) is 12.0. The Morgan fingerprint density at radius 2 is 2.10 bits per heavy atom. The minimum Gasteiger partial charge on any atom is -0.355 e. The number of carbonyl (C=O) groups excluding carboxylic acids is 1. The number of hydrogen-bond acceptors (Lipinski definition) is 2. The third kappa shape index (κ3) is 5.51. The van der Waals surface area contributed by atoms with Crippen molar-refractivity contribution in [2.45, 2.75) is 37.9 Å². The molecule has 0 atom stereocenters. The van der Waals surface area contributed by atoms with Gasteiger partial charge in [0.25, 0.3) is 0 Å². The fourth-order valence-corrected chi connectivity index (χ4v) is 3.81. The maximum absolute atomic E-state index is 13.6. The summed E-state index contributed by atoms with van der Waals surface area (Å²) in [5, 5.41) is 3.40. The Labute approximate surface area is 134 Å². The van der Waals surface area contributed by atoms with Gasteiger partial charge in [-0.1, -0.05) is 36.9 Å². The third-order valence-electron chi connectivity index (χ3n) is 3.85. The highest BCUT2D eigenvalue weighted by molar-refractivity contribution is 7.99. The van der Waals surface area contributed by atoms with Crippen LogP contribution in [0.25, 0.3) is 0 Å². The highest BCUT2D eigenvalue weighted by Crippen LogP contribution is 2.24. The molecule has 0 radical (unpaired) electrons. The SMILES string of the molecule is O=C(CSCc1c(F)cccc1Cl)NCC1CCCCC1. The van der Waals surface area contributed by atoms with Gasteiger partial charge < -0.3 is 5.32 Å². The van der Waals surface area contributed by atoms with Crippen molar-refractivity contribution in [1.82, 2.24) is 5.32 Å². The molecule has 116 valence electrons. The normalized spacial score (nSPS) is 15.9. The minimum atomic E-state index is -0.308. The molecular formula is C16H21ClFNOS. The molecule has 1 aliphatic carbocycles. The lowest BCUT2D eigenvalue weighted by atomic mass is 9.89. The molecule has 0 aromatic heterocycles. The maximum Gasteiger partial charge on any atom is 0.230 e. The van der Waals surface area contributed by atoms with Gasteiger partial charge in [0.2, 0.25) is 5.91 Å². The van der Waals surface area contributed by atoms with Crippen molar-refractivity contribution in [3.8, 4) is 0 Å². The lowest BCUT2D eigenvalue weighted by molar-refractivity contribution is -0.118. The quantitative estimate of drug-likeness (QED) is 0.837. The van der Waals surface area contributed by atoms with E-state index in [2.05, 4.69) is 5.32 Å². The van der Waals surface area contributed by atoms with E-state index in [1.54, 1.807) is 12.1 Å². The molecule has 1 aromatic rings. The van der Waals surface area contributed by atoms with Crippen molar-refractivity contribution in [2.75, 3.05) is 12.3 Å². The standard InChI is InChI=1S/C16H21ClFNOS/c17-14-7-4-8-15(18)13(14)10-21-11-16(20)19-9-12-5-2-1-3-6-12/h4,7-8,12H,1-3,5-6,9-11H2,(H,19,20). The van der Waals surface area contributed by atoms with Crippen LogP contribution in [0.1, 0.15) is 37.7 Å². The van der Waals surface area contributed by atoms with Crippen molar-refractivity contribution in [3.63, 3.8) is 0 Å². The molecule has 1 saturated carbocycles. The van der Waals surface area contributed by atoms with E-state index in [1.165, 1.54) is 49.9 Å². The first kappa shape index (κ1) is 16.6. The summed E-state index contributed by atoms with van der Waals surface area (Å²) in [6, 6.07) is 4.65. The van der Waals surface area contributed by atoms with E-state index < -0.39 is 0 Å². The Morgan fingerprint density at radius 3 is 2.81 bits per heavy atom. The van der Waals surface area contributed by atoms with Crippen molar-refractivity contribution in [1.29, 1.82) is 0 Å². The Bertz CT molecular complexity index is 457. The fraction of sp³-hybridized carbons (Fsp3) is 0.562. The first-order valence-corrected chi connectivity index (χ1v) is 8.97. The lowest BCUT2D eigenvalue weighted by Gasteiger charge is -2.21. The average Bonchev–Trinajstić information content (AvgIpc) is 2.49. The van der Waals surface area contributed by atoms with Gasteiger partial charge in [0.15, 0.2) is 0 Å². The zero-order valence-corrected chi connectivity index (χ0v) is 13.6. The molecule has 5 heteroatoms. The van der Waals surface area contributed by atoms with E-state index in [0.29, 0.717) is 28.0 Å². The highest BCUT2D eigenvalue weighted by atomic mass is 35.5. The van der Waals surface area contributed by atoms with Gasteiger partial charge in [-0.2, -0.15) is 0 Å². The molecule has 0 saturated heterocycles. The van der Waals surface area contributed by atoms with Crippen LogP contribution in [-0.4, -0.2) is 18.2 Å². The van der Waals surface area contributed by atoms with E-state index in [4.69, 9.17) is 11.6 Å². The number of rotatable bonds is 6. The second-order valence-corrected chi connectivity index (χ2v) is 6.89. The monoisotopic (exact) mass is 329 g/mol. The number of carbonyl (C=O) groups is 1. The minimum absolute atomic E-state index is 0.0260. The molecular weight excluding hydrogens is 309 g/mol. The molecule has 0 unspecified atom stereocenters. The van der Waals surface area contributed by atoms with Crippen LogP contribution in [0.5, 0.6) is 0 Å². The lowest BCUT2D eigenvalue weighted by Crippen LogP contribution is -2.31. The van der Waals surface area contributed by atoms with Gasteiger partial charge in [-0.3, -0.25) is 4.79 Å². The third-order valence-corrected chi connectivity index (χ3v) is 5.17. The van der Waals surface area contributed by atoms with Crippen LogP contribution in [0.2, 0.25) is 5.02 Å². The van der Waals surface area contributed by atoms with Gasteiger partial charge in [-0.15, -0.1) is 11.8 Å². The molecule has 1 aliphatic rings. The molecule has 2 rings (SSSR count). The number of benzene rings is 1. The summed E-state index contributed by atoms with van der Waals surface area (Å²) in [7, 11) is 0. The average molecular weight is 330 g/mol. The number of halogens is 2. The molecule has 1 N–H and O–H groups in total. The second-order valence-electron chi connectivity index (χ2n) is 5.50. The van der Waals surface area contributed by atoms with Crippen molar-refractivity contribution < 1.29 is 9.18 Å². The summed E-state index contributed by atoms with van der Waals surface area (Å²) in [5.74, 6) is 1.11. The van der Waals surface area contributed by atoms with Crippen LogP contribution in [0.4, 0.5) is 4.39 Å². The van der Waals surface area contributed by atoms with Gasteiger partial charge in [-0.25, -0.2) is 4.39 Å². The van der Waals surface area contributed by atoms with Gasteiger partial charge in [0.1, 0.15) is 5.82 Å². The van der Waals surface area contributed by atoms with E-state index in [-0.39, 0.29) is 11.7 Å². The summed E-state index contributed by atoms with van der Waals surface area (Å²) < 4.78 is 13.6. The predicted molar refractivity (Wildman–Crippen MR) is 87.2 cm³/mol. The largest absolute Gasteiger partial charge is 0.355 e. The van der Waals surface area contributed by atoms with Gasteiger partial charge in [0.05, 0.1) is 5.75 Å². The molecule has 0 heterocycles. The maximum atomic E-state index is 13.6. The van der Waals surface area contributed by atoms with Crippen molar-refractivity contribution in [3.05, 3.63) is 34.6 Å². The number of nitrogens with one attached hydrogen (secondary N) is 1. The topological polar surface area (TPSA) is 29.1 Å². The molecule has 1 fully saturated rings. The second kappa shape index (κ2) is 8.64. The molecule has 1 amide bonds. The fourth-order valence-electron chi connectivity index (χ4n) is 2.62. The summed E-state index contributed by atoms with van der Waals surface area (Å²) in [4.78, 5) is 11.8. The first-order chi connectivity index (χ1) is 10.2. The van der Waals surface area contributed by atoms with Crippen molar-refractivity contribution in [2.24, 2.45) is 5.92 Å². The summed E-state index contributed by atoms with van der Waals surface area (Å²) >= 11 is 7.35. The molecule has 0 aliphatic heterocycles. The van der Waals surface area contributed by atoms with E-state index in [0.717, 1.165) is 6.54 Å². The van der Waals surface area contributed by atoms with E-state index >= 15 is 0 Å². The van der Waals surface area contributed by atoms with Crippen LogP contribution >= 0.6 is 23.4 Å². The molecule has 21 heavy (non-hydrogen) atoms. The Balaban J connectivity index is 1.67. The van der Waals surface area contributed by atoms with Gasteiger partial charge in [-0.05, 0) is 30.9 Å². The van der Waals surface area contributed by atoms with Crippen LogP contribution < -0.4 is 5.32 Å². The zero-order chi connectivity index (χ0) is 15.1. The Kier molecular flexibility index (Phi) is 6.84. The highest BCUT2D eigenvalue weighted by Gasteiger charge is 2.14. The van der Waals surface area contributed by atoms with Crippen LogP contribution in [-0.2, 0) is 10.5 Å². The summed E-state index contributed by atoms with van der Waals surface area (Å²) in [6.45, 7) is 0.778. The van der Waals surface area contributed by atoms with Crippen LogP contribution in [0.15, 0.2) is 18.2 Å². The van der Waals surface area contributed by atoms with Gasteiger partial charge >= 0.3 is 0 Å². The smallest absolute Gasteiger partial charge is 0.230 e. The molecule has 2 nitrogen and oxygen atoms in total. The molecule has 0 bridgehead atoms. The Hall–Kier alpha value is -0.740. The Morgan fingerprint density at radius 1 is 1.33 bits per heavy atom. The molecule has 0 spiro atoms. The number of amides is 1. The summed E-state index contributed by atoms with van der Waals surface area (Å²) in [6.07, 6.45) is 6.32. The number of thioether (sulfide) groups is 1. The predicted octanol–water partition coefficient (Wildman–Crippen LogP) is 4.41. The van der Waals surface area contributed by atoms with Crippen LogP contribution in [0.3, 0.4) is 0 Å². The van der Waals surface area contributed by atoms with Gasteiger partial charge in [0, 0.05) is 22.9 Å². The molecule has 1 aromatic carbocycles. The van der Waals surface area contributed by atoms with Crippen molar-refractivity contribution >= 4 is 29.3 Å². The van der Waals surface area contributed by atoms with Crippen LogP contribution in [0, 0.1) is 11.7 Å². The first-order valence-electron chi connectivity index (χ1n) is 7.44. The van der Waals surface area contributed by atoms with E-state index in [1.807, 2.05) is 0 Å². The van der Waals surface area contributed by atoms with E-state index in [9.17, 15) is 9.18 Å². The summed E-state index contributed by atoms with van der Waals surface area (Å²) in [5.41, 5.74) is 0.476.